The van der Waals surface area contributed by atoms with Crippen LogP contribution in [-0.4, -0.2) is 143 Å². The Morgan fingerprint density at radius 2 is 0.886 bits per heavy atom. The Bertz CT molecular complexity index is 2090. The van der Waals surface area contributed by atoms with Crippen LogP contribution in [0.1, 0.15) is 140 Å². The summed E-state index contributed by atoms with van der Waals surface area (Å²) in [6, 6.07) is -0.775. The van der Waals surface area contributed by atoms with Gasteiger partial charge in [-0.3, -0.25) is 14.4 Å². The summed E-state index contributed by atoms with van der Waals surface area (Å²) in [6.45, 7) is 32.2. The summed E-state index contributed by atoms with van der Waals surface area (Å²) in [5, 5.41) is 8.78. The third-order valence-corrected chi connectivity index (χ3v) is 13.6. The molecule has 2 rings (SSSR count). The van der Waals surface area contributed by atoms with Crippen molar-refractivity contribution in [3.05, 3.63) is 117 Å². The first kappa shape index (κ1) is 70.6. The van der Waals surface area contributed by atoms with Gasteiger partial charge in [-0.1, -0.05) is 118 Å². The molecule has 0 aliphatic heterocycles. The number of hydrogen-bond acceptors (Lipinski definition) is 11. The molecule has 3 N–H and O–H groups in total. The SMILES string of the molecule is CCCOCCOCCOCCOCCOCCOCCOCCOCCNC(=O)[C@@H](CCCCNC(=O)/C=C(C)/C=C/C=C(C)/C=C/C1=C(C)CCCC1(C)C)NC(=O)/C=C(C)/C=C/C=C(C)/C=C/C1=C(C)CCCC1(C)C. The minimum atomic E-state index is -0.775. The van der Waals surface area contributed by atoms with Crippen molar-refractivity contribution >= 4 is 17.7 Å². The number of rotatable bonds is 43. The molecule has 0 saturated heterocycles. The third-order valence-electron chi connectivity index (χ3n) is 13.6. The second kappa shape index (κ2) is 43.3. The van der Waals surface area contributed by atoms with Crippen molar-refractivity contribution in [3.63, 3.8) is 0 Å². The number of amides is 3. The molecular formula is C65H105N3O11. The fourth-order valence-corrected chi connectivity index (χ4v) is 9.15. The van der Waals surface area contributed by atoms with Gasteiger partial charge in [0.15, 0.2) is 0 Å². The molecule has 0 heterocycles. The van der Waals surface area contributed by atoms with Crippen LogP contribution >= 0.6 is 0 Å². The second-order valence-corrected chi connectivity index (χ2v) is 21.9. The van der Waals surface area contributed by atoms with Crippen LogP contribution in [0.15, 0.2) is 117 Å². The molecule has 0 aromatic rings. The Morgan fingerprint density at radius 3 is 1.29 bits per heavy atom. The van der Waals surface area contributed by atoms with Gasteiger partial charge in [0.25, 0.3) is 0 Å². The van der Waals surface area contributed by atoms with E-state index in [2.05, 4.69) is 109 Å². The number of nitrogens with one attached hydrogen (secondary N) is 3. The highest BCUT2D eigenvalue weighted by Gasteiger charge is 2.27. The Kier molecular flexibility index (Phi) is 38.7. The summed E-state index contributed by atoms with van der Waals surface area (Å²) in [6.07, 6.45) is 33.6. The maximum absolute atomic E-state index is 13.5. The second-order valence-electron chi connectivity index (χ2n) is 21.9. The third kappa shape index (κ3) is 35.1. The van der Waals surface area contributed by atoms with Crippen LogP contribution in [0, 0.1) is 10.8 Å². The van der Waals surface area contributed by atoms with E-state index in [1.165, 1.54) is 54.1 Å². The van der Waals surface area contributed by atoms with Crippen molar-refractivity contribution < 1.29 is 52.3 Å². The van der Waals surface area contributed by atoms with E-state index in [4.69, 9.17) is 37.9 Å². The van der Waals surface area contributed by atoms with Crippen LogP contribution in [0.5, 0.6) is 0 Å². The molecule has 0 saturated carbocycles. The predicted octanol–water partition coefficient (Wildman–Crippen LogP) is 11.5. The zero-order valence-corrected chi connectivity index (χ0v) is 50.8. The number of carbonyl (C=O) groups is 3. The summed E-state index contributed by atoms with van der Waals surface area (Å²) >= 11 is 0. The van der Waals surface area contributed by atoms with Crippen LogP contribution in [-0.2, 0) is 52.3 Å². The lowest BCUT2D eigenvalue weighted by Crippen LogP contribution is -2.47. The number of allylic oxidation sites excluding steroid dienone is 18. The minimum absolute atomic E-state index is 0.175. The molecule has 1 atom stereocenters. The van der Waals surface area contributed by atoms with Crippen molar-refractivity contribution in [1.29, 1.82) is 0 Å². The lowest BCUT2D eigenvalue weighted by atomic mass is 9.72. The molecule has 0 aromatic heterocycles. The van der Waals surface area contributed by atoms with Crippen LogP contribution < -0.4 is 16.0 Å². The highest BCUT2D eigenvalue weighted by Crippen LogP contribution is 2.42. The van der Waals surface area contributed by atoms with E-state index in [9.17, 15) is 14.4 Å². The number of carbonyl (C=O) groups excluding carboxylic acids is 3. The van der Waals surface area contributed by atoms with Gasteiger partial charge in [-0.15, -0.1) is 0 Å². The normalized spacial score (nSPS) is 17.1. The maximum Gasteiger partial charge on any atom is 0.244 e. The number of ether oxygens (including phenoxy) is 8. The first-order valence-electron chi connectivity index (χ1n) is 29.3. The number of unbranched alkanes of at least 4 members (excludes halogenated alkanes) is 1. The Morgan fingerprint density at radius 1 is 0.494 bits per heavy atom. The standard InChI is InChI=1S/C65H105N3O11/c1-12-34-72-36-38-74-40-42-76-44-46-78-48-49-79-47-45-77-43-41-75-39-37-73-35-33-67-63(71)60(68-62(70)51-55(5)22-16-20-53(3)27-29-59-57(7)24-18-31-65(59,10)11)25-13-14-32-66-61(69)50-54(4)21-15-19-52(2)26-28-58-56(6)23-17-30-64(58,8)9/h15-16,19-22,26-29,50-51,60H,12-14,17-18,23-25,30-49H2,1-11H3,(H,66,69)(H,67,71)(H,68,70)/b21-15+,22-16+,28-26+,29-27+,52-19+,53-20+,54-50+,55-51+/t60-/m1/s1. The van der Waals surface area contributed by atoms with E-state index >= 15 is 0 Å². The van der Waals surface area contributed by atoms with Gasteiger partial charge in [-0.25, -0.2) is 0 Å². The topological polar surface area (TPSA) is 161 Å². The smallest absolute Gasteiger partial charge is 0.244 e. The molecule has 79 heavy (non-hydrogen) atoms. The molecule has 2 aliphatic carbocycles. The van der Waals surface area contributed by atoms with Crippen molar-refractivity contribution in [2.75, 3.05) is 119 Å². The maximum atomic E-state index is 13.5. The first-order valence-corrected chi connectivity index (χ1v) is 29.3. The van der Waals surface area contributed by atoms with Crippen molar-refractivity contribution in [2.24, 2.45) is 10.8 Å². The molecule has 0 aromatic carbocycles. The van der Waals surface area contributed by atoms with Gasteiger partial charge < -0.3 is 53.8 Å². The van der Waals surface area contributed by atoms with E-state index < -0.39 is 6.04 Å². The molecule has 14 nitrogen and oxygen atoms in total. The highest BCUT2D eigenvalue weighted by molar-refractivity contribution is 5.93. The van der Waals surface area contributed by atoms with Gasteiger partial charge in [-0.2, -0.15) is 0 Å². The van der Waals surface area contributed by atoms with Crippen molar-refractivity contribution in [1.82, 2.24) is 16.0 Å². The Balaban J connectivity index is 1.77. The summed E-state index contributed by atoms with van der Waals surface area (Å²) < 4.78 is 44.2. The van der Waals surface area contributed by atoms with E-state index in [0.29, 0.717) is 118 Å². The van der Waals surface area contributed by atoms with Crippen LogP contribution in [0.4, 0.5) is 0 Å². The molecular weight excluding hydrogens is 999 g/mol. The molecule has 2 aliphatic rings. The van der Waals surface area contributed by atoms with E-state index in [1.54, 1.807) is 6.08 Å². The van der Waals surface area contributed by atoms with Crippen LogP contribution in [0.3, 0.4) is 0 Å². The molecule has 0 bridgehead atoms. The largest absolute Gasteiger partial charge is 0.379 e. The zero-order valence-electron chi connectivity index (χ0n) is 50.8. The molecule has 446 valence electrons. The summed E-state index contributed by atoms with van der Waals surface area (Å²) in [5.74, 6) is -0.837. The van der Waals surface area contributed by atoms with E-state index in [1.807, 2.05) is 44.2 Å². The summed E-state index contributed by atoms with van der Waals surface area (Å²) in [4.78, 5) is 39.5. The quantitative estimate of drug-likeness (QED) is 0.0303. The average molecular weight is 1100 g/mol. The van der Waals surface area contributed by atoms with Gasteiger partial charge in [0.2, 0.25) is 17.7 Å². The van der Waals surface area contributed by atoms with E-state index in [-0.39, 0.29) is 41.7 Å². The van der Waals surface area contributed by atoms with Crippen LogP contribution in [0.2, 0.25) is 0 Å². The van der Waals surface area contributed by atoms with Gasteiger partial charge >= 0.3 is 0 Å². The Labute approximate surface area is 477 Å². The molecule has 0 fully saturated rings. The molecule has 0 radical (unpaired) electrons. The Hall–Kier alpha value is -4.51. The van der Waals surface area contributed by atoms with Crippen molar-refractivity contribution in [3.8, 4) is 0 Å². The minimum Gasteiger partial charge on any atom is -0.379 e. The van der Waals surface area contributed by atoms with Gasteiger partial charge in [-0.05, 0) is 139 Å². The van der Waals surface area contributed by atoms with Gasteiger partial charge in [0.05, 0.1) is 99.1 Å². The number of hydrogen-bond donors (Lipinski definition) is 3. The summed E-state index contributed by atoms with van der Waals surface area (Å²) in [5.41, 5.74) is 9.99. The molecule has 3 amide bonds. The van der Waals surface area contributed by atoms with Gasteiger partial charge in [0.1, 0.15) is 6.04 Å². The van der Waals surface area contributed by atoms with Crippen molar-refractivity contribution in [2.45, 2.75) is 146 Å². The zero-order chi connectivity index (χ0) is 58.0. The van der Waals surface area contributed by atoms with Gasteiger partial charge in [0, 0.05) is 31.8 Å². The predicted molar refractivity (Wildman–Crippen MR) is 321 cm³/mol. The molecule has 14 heteroatoms. The van der Waals surface area contributed by atoms with Crippen LogP contribution in [0.25, 0.3) is 0 Å². The summed E-state index contributed by atoms with van der Waals surface area (Å²) in [7, 11) is 0. The lowest BCUT2D eigenvalue weighted by Gasteiger charge is -2.33. The monoisotopic (exact) mass is 1100 g/mol. The average Bonchev–Trinajstić information content (AvgIpc) is 3.40. The van der Waals surface area contributed by atoms with E-state index in [0.717, 1.165) is 48.2 Å². The molecule has 0 spiro atoms. The fraction of sp³-hybridized carbons (Fsp3) is 0.646. The fourth-order valence-electron chi connectivity index (χ4n) is 9.15. The molecule has 0 unspecified atom stereocenters. The first-order chi connectivity index (χ1) is 37.9. The lowest BCUT2D eigenvalue weighted by molar-refractivity contribution is -0.127. The highest BCUT2D eigenvalue weighted by atomic mass is 16.6.